The lowest BCUT2D eigenvalue weighted by Crippen LogP contribution is -2.36. The van der Waals surface area contributed by atoms with Gasteiger partial charge in [-0.2, -0.15) is 5.01 Å². The van der Waals surface area contributed by atoms with Crippen molar-refractivity contribution in [3.05, 3.63) is 294 Å². The Morgan fingerprint density at radius 3 is 1.47 bits per heavy atom. The van der Waals surface area contributed by atoms with Gasteiger partial charge >= 0.3 is 0 Å². The number of para-hydroxylation sites is 3. The van der Waals surface area contributed by atoms with E-state index in [9.17, 15) is 0 Å². The maximum Gasteiger partial charge on any atom is 0.117 e. The van der Waals surface area contributed by atoms with Crippen LogP contribution in [0.1, 0.15) is 51.3 Å². The van der Waals surface area contributed by atoms with E-state index in [1.165, 1.54) is 89.3 Å². The van der Waals surface area contributed by atoms with E-state index in [2.05, 4.69) is 270 Å². The normalized spacial score (nSPS) is 17.4. The third kappa shape index (κ3) is 6.49. The van der Waals surface area contributed by atoms with Crippen molar-refractivity contribution in [3.8, 4) is 44.5 Å². The van der Waals surface area contributed by atoms with Gasteiger partial charge < -0.3 is 10.6 Å². The molecule has 4 atom stereocenters. The minimum absolute atomic E-state index is 0.0160. The zero-order valence-corrected chi connectivity index (χ0v) is 37.5. The Kier molecular flexibility index (Phi) is 9.65. The molecule has 0 aromatic heterocycles. The van der Waals surface area contributed by atoms with E-state index in [4.69, 9.17) is 5.73 Å². The first-order valence-electron chi connectivity index (χ1n) is 23.6. The molecule has 13 rings (SSSR count). The summed E-state index contributed by atoms with van der Waals surface area (Å²) in [4.78, 5) is 2.44. The molecule has 3 aliphatic rings. The van der Waals surface area contributed by atoms with Gasteiger partial charge in [-0.1, -0.05) is 224 Å². The molecule has 4 nitrogen and oxygen atoms in total. The zero-order valence-electron chi connectivity index (χ0n) is 37.5. The van der Waals surface area contributed by atoms with Gasteiger partial charge in [0.2, 0.25) is 0 Å². The summed E-state index contributed by atoms with van der Waals surface area (Å²) in [6, 6.07) is 93.0. The molecular formula is C64H48N4. The van der Waals surface area contributed by atoms with Crippen molar-refractivity contribution in [2.24, 2.45) is 5.73 Å². The van der Waals surface area contributed by atoms with Crippen LogP contribution in [0.5, 0.6) is 0 Å². The Morgan fingerprint density at radius 1 is 0.397 bits per heavy atom. The molecule has 0 radical (unpaired) electrons. The summed E-state index contributed by atoms with van der Waals surface area (Å²) in [6.45, 7) is 0.745. The second-order valence-electron chi connectivity index (χ2n) is 18.2. The van der Waals surface area contributed by atoms with Gasteiger partial charge in [-0.3, -0.25) is 0 Å². The standard InChI is InChI=1S/C64H48N4/c65-62(50-36-32-48(33-37-50)46-18-6-2-7-19-46)68-63(66(68)43-44-28-30-47(31-29-44)45-16-4-1-5-17-45)51-38-34-49(35-39-51)52-40-41-55-54-22-10-11-23-56(54)64(59(55)42-52)57-24-12-14-26-60(57)67(53-20-8-3-9-21-53)61-27-15-13-25-58(61)64/h1-42,62-63H,43,65H2. The van der Waals surface area contributed by atoms with Crippen molar-refractivity contribution in [3.63, 3.8) is 0 Å². The van der Waals surface area contributed by atoms with E-state index in [-0.39, 0.29) is 12.3 Å². The molecule has 2 heterocycles. The first kappa shape index (κ1) is 40.2. The van der Waals surface area contributed by atoms with Gasteiger partial charge in [0.25, 0.3) is 0 Å². The fourth-order valence-corrected chi connectivity index (χ4v) is 11.3. The minimum atomic E-state index is -0.510. The molecule has 4 heteroatoms. The van der Waals surface area contributed by atoms with Crippen LogP contribution >= 0.6 is 0 Å². The van der Waals surface area contributed by atoms with E-state index < -0.39 is 5.41 Å². The molecule has 0 bridgehead atoms. The number of rotatable bonds is 9. The lowest BCUT2D eigenvalue weighted by Gasteiger charge is -2.45. The van der Waals surface area contributed by atoms with Crippen LogP contribution < -0.4 is 10.6 Å². The SMILES string of the molecule is NC(c1ccc(-c2ccccc2)cc1)N1C(c2ccc(-c3ccc4c(c3)C3(c5ccccc5-4)c4ccccc4N(c4ccccc4)c4ccccc43)cc2)N1Cc1ccc(-c2ccccc2)cc1. The largest absolute Gasteiger partial charge is 0.311 e. The van der Waals surface area contributed by atoms with Crippen LogP contribution in [0.4, 0.5) is 17.1 Å². The number of nitrogens with zero attached hydrogens (tertiary/aromatic N) is 3. The Bertz CT molecular complexity index is 3390. The molecule has 10 aromatic carbocycles. The molecule has 4 unspecified atom stereocenters. The summed E-state index contributed by atoms with van der Waals surface area (Å²) >= 11 is 0. The molecule has 0 saturated carbocycles. The number of benzene rings is 10. The number of fused-ring (bicyclic) bond motifs is 9. The van der Waals surface area contributed by atoms with Crippen LogP contribution in [-0.4, -0.2) is 10.0 Å². The van der Waals surface area contributed by atoms with Crippen LogP contribution in [0, 0.1) is 0 Å². The Balaban J connectivity index is 0.865. The number of anilines is 3. The quantitative estimate of drug-likeness (QED) is 0.147. The fourth-order valence-electron chi connectivity index (χ4n) is 11.3. The average Bonchev–Trinajstić information content (AvgIpc) is 4.05. The van der Waals surface area contributed by atoms with E-state index in [1.54, 1.807) is 0 Å². The highest BCUT2D eigenvalue weighted by Gasteiger charge is 2.52. The lowest BCUT2D eigenvalue weighted by atomic mass is 9.64. The maximum absolute atomic E-state index is 7.23. The summed E-state index contributed by atoms with van der Waals surface area (Å²) in [7, 11) is 0. The second-order valence-corrected chi connectivity index (χ2v) is 18.2. The molecule has 1 aliphatic carbocycles. The van der Waals surface area contributed by atoms with Gasteiger partial charge in [0, 0.05) is 12.2 Å². The van der Waals surface area contributed by atoms with Crippen molar-refractivity contribution in [2.45, 2.75) is 24.3 Å². The van der Waals surface area contributed by atoms with Crippen molar-refractivity contribution >= 4 is 17.1 Å². The van der Waals surface area contributed by atoms with E-state index in [1.807, 2.05) is 0 Å². The highest BCUT2D eigenvalue weighted by atomic mass is 15.9. The summed E-state index contributed by atoms with van der Waals surface area (Å²) in [6.07, 6.45) is -0.302. The van der Waals surface area contributed by atoms with Crippen LogP contribution in [0.25, 0.3) is 44.5 Å². The summed E-state index contributed by atoms with van der Waals surface area (Å²) in [5.41, 5.74) is 28.8. The van der Waals surface area contributed by atoms with Crippen molar-refractivity contribution in [1.82, 2.24) is 10.0 Å². The van der Waals surface area contributed by atoms with Crippen molar-refractivity contribution < 1.29 is 0 Å². The van der Waals surface area contributed by atoms with Crippen LogP contribution in [0.3, 0.4) is 0 Å². The first-order valence-corrected chi connectivity index (χ1v) is 23.6. The lowest BCUT2D eigenvalue weighted by molar-refractivity contribution is 0.237. The molecule has 10 aromatic rings. The number of hydrogen-bond acceptors (Lipinski definition) is 4. The van der Waals surface area contributed by atoms with Crippen LogP contribution in [-0.2, 0) is 12.0 Å². The summed E-state index contributed by atoms with van der Waals surface area (Å²) < 4.78 is 0. The molecular weight excluding hydrogens is 825 g/mol. The van der Waals surface area contributed by atoms with E-state index in [0.717, 1.165) is 17.8 Å². The van der Waals surface area contributed by atoms with E-state index in [0.29, 0.717) is 0 Å². The minimum Gasteiger partial charge on any atom is -0.311 e. The van der Waals surface area contributed by atoms with Gasteiger partial charge in [0.15, 0.2) is 0 Å². The van der Waals surface area contributed by atoms with Crippen molar-refractivity contribution in [2.75, 3.05) is 4.90 Å². The zero-order chi connectivity index (χ0) is 45.2. The monoisotopic (exact) mass is 872 g/mol. The van der Waals surface area contributed by atoms with Crippen molar-refractivity contribution in [1.29, 1.82) is 0 Å². The third-order valence-electron chi connectivity index (χ3n) is 14.5. The van der Waals surface area contributed by atoms with Crippen LogP contribution in [0.2, 0.25) is 0 Å². The fraction of sp³-hybridized carbons (Fsp3) is 0.0625. The molecule has 2 aliphatic heterocycles. The first-order chi connectivity index (χ1) is 33.6. The summed E-state index contributed by atoms with van der Waals surface area (Å²) in [5.74, 6) is 0. The highest BCUT2D eigenvalue weighted by molar-refractivity contribution is 5.96. The van der Waals surface area contributed by atoms with Gasteiger partial charge in [-0.25, -0.2) is 5.01 Å². The smallest absolute Gasteiger partial charge is 0.117 e. The molecule has 68 heavy (non-hydrogen) atoms. The number of hydrogen-bond donors (Lipinski definition) is 1. The number of nitrogens with two attached hydrogens (primary N) is 1. The molecule has 1 spiro atoms. The van der Waals surface area contributed by atoms with Gasteiger partial charge in [0.05, 0.1) is 23.0 Å². The number of hydrazine groups is 1. The molecule has 1 saturated heterocycles. The van der Waals surface area contributed by atoms with Gasteiger partial charge in [0.1, 0.15) is 6.17 Å². The maximum atomic E-state index is 7.23. The Morgan fingerprint density at radius 2 is 0.853 bits per heavy atom. The topological polar surface area (TPSA) is 35.3 Å². The second kappa shape index (κ2) is 16.3. The Labute approximate surface area is 398 Å². The molecule has 324 valence electrons. The predicted octanol–water partition coefficient (Wildman–Crippen LogP) is 15.2. The summed E-state index contributed by atoms with van der Waals surface area (Å²) in [5, 5.41) is 4.75. The van der Waals surface area contributed by atoms with Crippen LogP contribution in [0.15, 0.2) is 255 Å². The Hall–Kier alpha value is -8.12. The highest BCUT2D eigenvalue weighted by Crippen LogP contribution is 2.63. The average molecular weight is 873 g/mol. The predicted molar refractivity (Wildman–Crippen MR) is 278 cm³/mol. The van der Waals surface area contributed by atoms with E-state index >= 15 is 0 Å². The molecule has 0 amide bonds. The molecule has 2 N–H and O–H groups in total. The van der Waals surface area contributed by atoms with Gasteiger partial charge in [-0.05, 0) is 114 Å². The van der Waals surface area contributed by atoms with Gasteiger partial charge in [-0.15, -0.1) is 0 Å². The molecule has 1 fully saturated rings. The third-order valence-corrected chi connectivity index (χ3v) is 14.5.